The Hall–Kier alpha value is -0.670. The lowest BCUT2D eigenvalue weighted by Gasteiger charge is -2.20. The maximum absolute atomic E-state index is 5.12. The molecule has 0 fully saturated rings. The number of rotatable bonds is 5. The molecule has 3 heteroatoms. The van der Waals surface area contributed by atoms with Crippen molar-refractivity contribution in [1.82, 2.24) is 5.32 Å². The minimum absolute atomic E-state index is 0.209. The summed E-state index contributed by atoms with van der Waals surface area (Å²) in [6.07, 6.45) is 0. The average Bonchev–Trinajstić information content (AvgIpc) is 2.24. The number of hydrogen-bond donors (Lipinski definition) is 1. The fraction of sp³-hybridized carbons (Fsp3) is 0.538. The van der Waals surface area contributed by atoms with Gasteiger partial charge in [0.2, 0.25) is 0 Å². The van der Waals surface area contributed by atoms with Gasteiger partial charge < -0.3 is 10.1 Å². The predicted molar refractivity (Wildman–Crippen MR) is 71.5 cm³/mol. The van der Waals surface area contributed by atoms with Crippen molar-refractivity contribution < 1.29 is 4.74 Å². The molecule has 0 atom stereocenters. The van der Waals surface area contributed by atoms with Crippen LogP contribution in [-0.4, -0.2) is 24.9 Å². The third kappa shape index (κ3) is 5.42. The van der Waals surface area contributed by atoms with Crippen molar-refractivity contribution in [3.05, 3.63) is 24.3 Å². The zero-order valence-corrected chi connectivity index (χ0v) is 11.4. The summed E-state index contributed by atoms with van der Waals surface area (Å²) in [6.45, 7) is 7.58. The molecule has 16 heavy (non-hydrogen) atoms. The SMILES string of the molecule is COc1ccc(SCCNC(C)(C)C)cc1. The molecule has 0 radical (unpaired) electrons. The predicted octanol–water partition coefficient (Wildman–Crippen LogP) is 3.18. The monoisotopic (exact) mass is 239 g/mol. The van der Waals surface area contributed by atoms with Gasteiger partial charge in [0.25, 0.3) is 0 Å². The van der Waals surface area contributed by atoms with E-state index in [1.165, 1.54) is 4.90 Å². The molecule has 1 rings (SSSR count). The Morgan fingerprint density at radius 1 is 1.19 bits per heavy atom. The molecule has 0 aliphatic heterocycles. The number of benzene rings is 1. The number of hydrogen-bond acceptors (Lipinski definition) is 3. The Bertz CT molecular complexity index is 303. The van der Waals surface area contributed by atoms with Crippen LogP contribution in [0.25, 0.3) is 0 Å². The maximum Gasteiger partial charge on any atom is 0.118 e. The first kappa shape index (κ1) is 13.4. The van der Waals surface area contributed by atoms with Crippen LogP contribution in [0.4, 0.5) is 0 Å². The van der Waals surface area contributed by atoms with Crippen LogP contribution in [0.3, 0.4) is 0 Å². The van der Waals surface area contributed by atoms with Crippen molar-refractivity contribution >= 4 is 11.8 Å². The van der Waals surface area contributed by atoms with Gasteiger partial charge >= 0.3 is 0 Å². The van der Waals surface area contributed by atoms with Gasteiger partial charge in [0.1, 0.15) is 5.75 Å². The van der Waals surface area contributed by atoms with Gasteiger partial charge in [0.15, 0.2) is 0 Å². The Kier molecular flexibility index (Phi) is 5.16. The van der Waals surface area contributed by atoms with Gasteiger partial charge in [-0.25, -0.2) is 0 Å². The minimum Gasteiger partial charge on any atom is -0.497 e. The molecule has 0 unspecified atom stereocenters. The topological polar surface area (TPSA) is 21.3 Å². The Morgan fingerprint density at radius 3 is 2.31 bits per heavy atom. The number of thioether (sulfide) groups is 1. The van der Waals surface area contributed by atoms with Crippen LogP contribution in [-0.2, 0) is 0 Å². The minimum atomic E-state index is 0.209. The van der Waals surface area contributed by atoms with Crippen molar-refractivity contribution in [1.29, 1.82) is 0 Å². The Balaban J connectivity index is 2.27. The largest absolute Gasteiger partial charge is 0.497 e. The summed E-state index contributed by atoms with van der Waals surface area (Å²) >= 11 is 1.86. The van der Waals surface area contributed by atoms with E-state index in [4.69, 9.17) is 4.74 Å². The van der Waals surface area contributed by atoms with Crippen molar-refractivity contribution in [3.8, 4) is 5.75 Å². The molecule has 0 bridgehead atoms. The van der Waals surface area contributed by atoms with Gasteiger partial charge in [0, 0.05) is 22.7 Å². The molecule has 1 aromatic rings. The van der Waals surface area contributed by atoms with Crippen LogP contribution >= 0.6 is 11.8 Å². The van der Waals surface area contributed by atoms with Crippen LogP contribution in [0.2, 0.25) is 0 Å². The molecule has 90 valence electrons. The molecule has 0 aromatic heterocycles. The molecule has 0 aliphatic carbocycles. The molecule has 0 heterocycles. The summed E-state index contributed by atoms with van der Waals surface area (Å²) in [5.74, 6) is 2.00. The quantitative estimate of drug-likeness (QED) is 0.630. The highest BCUT2D eigenvalue weighted by Crippen LogP contribution is 2.20. The molecular formula is C13H21NOS. The smallest absolute Gasteiger partial charge is 0.118 e. The van der Waals surface area contributed by atoms with Gasteiger partial charge in [-0.3, -0.25) is 0 Å². The zero-order chi connectivity index (χ0) is 12.0. The summed E-state index contributed by atoms with van der Waals surface area (Å²) in [4.78, 5) is 1.29. The standard InChI is InChI=1S/C13H21NOS/c1-13(2,3)14-9-10-16-12-7-5-11(15-4)6-8-12/h5-8,14H,9-10H2,1-4H3. The third-order valence-electron chi connectivity index (χ3n) is 2.09. The van der Waals surface area contributed by atoms with E-state index in [2.05, 4.69) is 38.2 Å². The molecule has 0 saturated carbocycles. The summed E-state index contributed by atoms with van der Waals surface area (Å²) in [5, 5.41) is 3.47. The van der Waals surface area contributed by atoms with E-state index in [1.54, 1.807) is 7.11 Å². The fourth-order valence-electron chi connectivity index (χ4n) is 1.27. The molecular weight excluding hydrogens is 218 g/mol. The molecule has 0 aliphatic rings. The number of ether oxygens (including phenoxy) is 1. The van der Waals surface area contributed by atoms with Crippen LogP contribution < -0.4 is 10.1 Å². The van der Waals surface area contributed by atoms with E-state index >= 15 is 0 Å². The molecule has 0 saturated heterocycles. The lowest BCUT2D eigenvalue weighted by molar-refractivity contribution is 0.414. The third-order valence-corrected chi connectivity index (χ3v) is 3.10. The van der Waals surface area contributed by atoms with Crippen LogP contribution in [0.5, 0.6) is 5.75 Å². The normalized spacial score (nSPS) is 11.5. The van der Waals surface area contributed by atoms with E-state index in [-0.39, 0.29) is 5.54 Å². The summed E-state index contributed by atoms with van der Waals surface area (Å²) < 4.78 is 5.12. The first-order valence-electron chi connectivity index (χ1n) is 5.53. The summed E-state index contributed by atoms with van der Waals surface area (Å²) in [6, 6.07) is 8.19. The fourth-order valence-corrected chi connectivity index (χ4v) is 2.04. The molecule has 2 nitrogen and oxygen atoms in total. The lowest BCUT2D eigenvalue weighted by atomic mass is 10.1. The van der Waals surface area contributed by atoms with Crippen molar-refractivity contribution in [2.45, 2.75) is 31.2 Å². The molecule has 0 spiro atoms. The first-order chi connectivity index (χ1) is 7.51. The highest BCUT2D eigenvalue weighted by atomic mass is 32.2. The second kappa shape index (κ2) is 6.16. The highest BCUT2D eigenvalue weighted by Gasteiger charge is 2.07. The lowest BCUT2D eigenvalue weighted by Crippen LogP contribution is -2.37. The van der Waals surface area contributed by atoms with E-state index in [0.29, 0.717) is 0 Å². The van der Waals surface area contributed by atoms with Gasteiger partial charge in [-0.1, -0.05) is 0 Å². The van der Waals surface area contributed by atoms with Crippen LogP contribution in [0.15, 0.2) is 29.2 Å². The molecule has 0 amide bonds. The summed E-state index contributed by atoms with van der Waals surface area (Å²) in [7, 11) is 1.69. The highest BCUT2D eigenvalue weighted by molar-refractivity contribution is 7.99. The van der Waals surface area contributed by atoms with E-state index in [9.17, 15) is 0 Å². The van der Waals surface area contributed by atoms with Gasteiger partial charge in [0.05, 0.1) is 7.11 Å². The first-order valence-corrected chi connectivity index (χ1v) is 6.52. The average molecular weight is 239 g/mol. The maximum atomic E-state index is 5.12. The van der Waals surface area contributed by atoms with Crippen LogP contribution in [0.1, 0.15) is 20.8 Å². The van der Waals surface area contributed by atoms with E-state index < -0.39 is 0 Å². The van der Waals surface area contributed by atoms with Crippen molar-refractivity contribution in [3.63, 3.8) is 0 Å². The van der Waals surface area contributed by atoms with Crippen molar-refractivity contribution in [2.24, 2.45) is 0 Å². The van der Waals surface area contributed by atoms with E-state index in [1.807, 2.05) is 23.9 Å². The van der Waals surface area contributed by atoms with Gasteiger partial charge in [-0.2, -0.15) is 0 Å². The second-order valence-electron chi connectivity index (χ2n) is 4.70. The van der Waals surface area contributed by atoms with Gasteiger partial charge in [-0.05, 0) is 45.0 Å². The number of nitrogens with one attached hydrogen (secondary N) is 1. The molecule has 1 aromatic carbocycles. The second-order valence-corrected chi connectivity index (χ2v) is 5.87. The van der Waals surface area contributed by atoms with Crippen LogP contribution in [0, 0.1) is 0 Å². The Labute approximate surface area is 103 Å². The summed E-state index contributed by atoms with van der Waals surface area (Å²) in [5.41, 5.74) is 0.209. The van der Waals surface area contributed by atoms with Crippen molar-refractivity contribution in [2.75, 3.05) is 19.4 Å². The van der Waals surface area contributed by atoms with E-state index in [0.717, 1.165) is 18.0 Å². The Morgan fingerprint density at radius 2 is 1.81 bits per heavy atom. The van der Waals surface area contributed by atoms with Gasteiger partial charge in [-0.15, -0.1) is 11.8 Å². The number of methoxy groups -OCH3 is 1. The molecule has 1 N–H and O–H groups in total. The zero-order valence-electron chi connectivity index (χ0n) is 10.5.